The number of aliphatic imine (C=N–C) groups is 1. The number of esters is 2. The maximum absolute atomic E-state index is 13.8. The SMILES string of the molecule is CC(=O)Oc1cccc(/C=C2\N=C(c3ccc(F)cc3F)OC2=O)c1. The lowest BCUT2D eigenvalue weighted by molar-refractivity contribution is -0.132. The Hall–Kier alpha value is -3.35. The van der Waals surface area contributed by atoms with Gasteiger partial charge in [-0.2, -0.15) is 0 Å². The molecule has 5 nitrogen and oxygen atoms in total. The van der Waals surface area contributed by atoms with Crippen LogP contribution < -0.4 is 4.74 Å². The molecule has 0 unspecified atom stereocenters. The number of ether oxygens (including phenoxy) is 2. The number of rotatable bonds is 3. The molecule has 1 aliphatic rings. The third kappa shape index (κ3) is 3.77. The van der Waals surface area contributed by atoms with Gasteiger partial charge in [0.25, 0.3) is 0 Å². The minimum absolute atomic E-state index is 0.0568. The fraction of sp³-hybridized carbons (Fsp3) is 0.0556. The first-order valence-corrected chi connectivity index (χ1v) is 7.19. The Labute approximate surface area is 141 Å². The van der Waals surface area contributed by atoms with Crippen molar-refractivity contribution in [2.75, 3.05) is 0 Å². The zero-order valence-electron chi connectivity index (χ0n) is 13.0. The number of hydrogen-bond acceptors (Lipinski definition) is 5. The second kappa shape index (κ2) is 6.64. The highest BCUT2D eigenvalue weighted by Gasteiger charge is 2.26. The molecule has 0 bridgehead atoms. The molecule has 126 valence electrons. The van der Waals surface area contributed by atoms with Crippen LogP contribution in [-0.2, 0) is 14.3 Å². The minimum atomic E-state index is -0.885. The third-order valence-corrected chi connectivity index (χ3v) is 3.21. The predicted molar refractivity (Wildman–Crippen MR) is 84.7 cm³/mol. The lowest BCUT2D eigenvalue weighted by Crippen LogP contribution is -2.07. The summed E-state index contributed by atoms with van der Waals surface area (Å²) in [6.45, 7) is 1.27. The summed E-state index contributed by atoms with van der Waals surface area (Å²) in [5.41, 5.74) is 0.362. The van der Waals surface area contributed by atoms with E-state index < -0.39 is 23.6 Å². The molecule has 0 saturated heterocycles. The first kappa shape index (κ1) is 16.5. The number of carbonyl (C=O) groups is 2. The molecule has 0 aliphatic carbocycles. The summed E-state index contributed by atoms with van der Waals surface area (Å²) in [6.07, 6.45) is 1.41. The zero-order chi connectivity index (χ0) is 18.0. The van der Waals surface area contributed by atoms with Crippen LogP contribution >= 0.6 is 0 Å². The number of nitrogens with zero attached hydrogens (tertiary/aromatic N) is 1. The maximum atomic E-state index is 13.8. The van der Waals surface area contributed by atoms with Gasteiger partial charge >= 0.3 is 11.9 Å². The Kier molecular flexibility index (Phi) is 4.38. The number of halogens is 2. The Morgan fingerprint density at radius 1 is 1.20 bits per heavy atom. The van der Waals surface area contributed by atoms with E-state index in [0.29, 0.717) is 17.4 Å². The van der Waals surface area contributed by atoms with Crippen LogP contribution in [0.5, 0.6) is 5.75 Å². The van der Waals surface area contributed by atoms with E-state index in [1.165, 1.54) is 19.1 Å². The number of carbonyl (C=O) groups excluding carboxylic acids is 2. The van der Waals surface area contributed by atoms with E-state index in [4.69, 9.17) is 9.47 Å². The van der Waals surface area contributed by atoms with E-state index >= 15 is 0 Å². The van der Waals surface area contributed by atoms with Gasteiger partial charge < -0.3 is 9.47 Å². The summed E-state index contributed by atoms with van der Waals surface area (Å²) < 4.78 is 36.6. The van der Waals surface area contributed by atoms with Crippen molar-refractivity contribution >= 4 is 23.9 Å². The van der Waals surface area contributed by atoms with Gasteiger partial charge in [0.15, 0.2) is 5.70 Å². The third-order valence-electron chi connectivity index (χ3n) is 3.21. The fourth-order valence-corrected chi connectivity index (χ4v) is 2.18. The summed E-state index contributed by atoms with van der Waals surface area (Å²) in [7, 11) is 0. The highest BCUT2D eigenvalue weighted by atomic mass is 19.1. The van der Waals surface area contributed by atoms with Crippen molar-refractivity contribution in [3.05, 3.63) is 70.9 Å². The first-order chi connectivity index (χ1) is 11.9. The van der Waals surface area contributed by atoms with Crippen molar-refractivity contribution < 1.29 is 27.8 Å². The van der Waals surface area contributed by atoms with Crippen LogP contribution in [0.15, 0.2) is 53.2 Å². The van der Waals surface area contributed by atoms with Gasteiger partial charge in [-0.15, -0.1) is 0 Å². The van der Waals surface area contributed by atoms with E-state index in [0.717, 1.165) is 12.1 Å². The number of hydrogen-bond donors (Lipinski definition) is 0. The van der Waals surface area contributed by atoms with E-state index in [2.05, 4.69) is 4.99 Å². The average Bonchev–Trinajstić information content (AvgIpc) is 2.87. The van der Waals surface area contributed by atoms with E-state index in [-0.39, 0.29) is 17.2 Å². The molecule has 0 fully saturated rings. The highest BCUT2D eigenvalue weighted by molar-refractivity contribution is 6.12. The number of cyclic esters (lactones) is 1. The van der Waals surface area contributed by atoms with Crippen LogP contribution in [-0.4, -0.2) is 17.8 Å². The monoisotopic (exact) mass is 343 g/mol. The smallest absolute Gasteiger partial charge is 0.363 e. The molecule has 7 heteroatoms. The normalized spacial score (nSPS) is 15.1. The van der Waals surface area contributed by atoms with Gasteiger partial charge in [-0.05, 0) is 35.9 Å². The Morgan fingerprint density at radius 3 is 2.72 bits per heavy atom. The Balaban J connectivity index is 1.92. The standard InChI is InChI=1S/C18H11F2NO4/c1-10(22)24-13-4-2-3-11(7-13)8-16-18(23)25-17(21-16)14-6-5-12(19)9-15(14)20/h2-9H,1H3/b16-8-. The molecular formula is C18H11F2NO4. The zero-order valence-corrected chi connectivity index (χ0v) is 13.0. The van der Waals surface area contributed by atoms with E-state index in [9.17, 15) is 18.4 Å². The molecule has 0 radical (unpaired) electrons. The van der Waals surface area contributed by atoms with Gasteiger partial charge in [0.1, 0.15) is 17.4 Å². The molecular weight excluding hydrogens is 332 g/mol. The van der Waals surface area contributed by atoms with Gasteiger partial charge in [-0.3, -0.25) is 4.79 Å². The van der Waals surface area contributed by atoms with Gasteiger partial charge in [-0.1, -0.05) is 12.1 Å². The molecule has 0 amide bonds. The van der Waals surface area contributed by atoms with Crippen molar-refractivity contribution in [3.63, 3.8) is 0 Å². The molecule has 3 rings (SSSR count). The van der Waals surface area contributed by atoms with Gasteiger partial charge in [0, 0.05) is 13.0 Å². The highest BCUT2D eigenvalue weighted by Crippen LogP contribution is 2.22. The van der Waals surface area contributed by atoms with Crippen LogP contribution in [0.2, 0.25) is 0 Å². The summed E-state index contributed by atoms with van der Waals surface area (Å²) in [5.74, 6) is -2.81. The minimum Gasteiger partial charge on any atom is -0.427 e. The van der Waals surface area contributed by atoms with E-state index in [1.807, 2.05) is 0 Å². The second-order valence-corrected chi connectivity index (χ2v) is 5.13. The Morgan fingerprint density at radius 2 is 2.00 bits per heavy atom. The van der Waals surface area contributed by atoms with Gasteiger partial charge in [0.05, 0.1) is 5.56 Å². The molecule has 1 heterocycles. The molecule has 0 aromatic heterocycles. The quantitative estimate of drug-likeness (QED) is 0.488. The maximum Gasteiger partial charge on any atom is 0.363 e. The van der Waals surface area contributed by atoms with Crippen LogP contribution in [0.25, 0.3) is 6.08 Å². The van der Waals surface area contributed by atoms with Crippen LogP contribution in [0.1, 0.15) is 18.1 Å². The molecule has 2 aromatic rings. The fourth-order valence-electron chi connectivity index (χ4n) is 2.18. The molecule has 2 aromatic carbocycles. The lowest BCUT2D eigenvalue weighted by atomic mass is 10.2. The van der Waals surface area contributed by atoms with Crippen LogP contribution in [0, 0.1) is 11.6 Å². The second-order valence-electron chi connectivity index (χ2n) is 5.13. The molecule has 0 saturated carbocycles. The van der Waals surface area contributed by atoms with Crippen LogP contribution in [0.4, 0.5) is 8.78 Å². The van der Waals surface area contributed by atoms with E-state index in [1.54, 1.807) is 18.2 Å². The molecule has 25 heavy (non-hydrogen) atoms. The summed E-state index contributed by atoms with van der Waals surface area (Å²) in [4.78, 5) is 26.8. The average molecular weight is 343 g/mol. The summed E-state index contributed by atoms with van der Waals surface area (Å²) in [6, 6.07) is 9.27. The van der Waals surface area contributed by atoms with Crippen molar-refractivity contribution in [1.82, 2.24) is 0 Å². The largest absolute Gasteiger partial charge is 0.427 e. The van der Waals surface area contributed by atoms with Crippen molar-refractivity contribution in [1.29, 1.82) is 0 Å². The van der Waals surface area contributed by atoms with Crippen molar-refractivity contribution in [2.45, 2.75) is 6.92 Å². The van der Waals surface area contributed by atoms with Crippen molar-refractivity contribution in [3.8, 4) is 5.75 Å². The predicted octanol–water partition coefficient (Wildman–Crippen LogP) is 3.23. The topological polar surface area (TPSA) is 65.0 Å². The van der Waals surface area contributed by atoms with Crippen LogP contribution in [0.3, 0.4) is 0 Å². The lowest BCUT2D eigenvalue weighted by Gasteiger charge is -2.01. The Bertz CT molecular complexity index is 934. The summed E-state index contributed by atoms with van der Waals surface area (Å²) >= 11 is 0. The van der Waals surface area contributed by atoms with Crippen molar-refractivity contribution in [2.24, 2.45) is 4.99 Å². The molecule has 1 aliphatic heterocycles. The molecule has 0 N–H and O–H groups in total. The first-order valence-electron chi connectivity index (χ1n) is 7.19. The van der Waals surface area contributed by atoms with Gasteiger partial charge in [-0.25, -0.2) is 18.6 Å². The number of benzene rings is 2. The molecule has 0 atom stereocenters. The van der Waals surface area contributed by atoms with Gasteiger partial charge in [0.2, 0.25) is 5.90 Å². The summed E-state index contributed by atoms with van der Waals surface area (Å²) in [5, 5.41) is 0. The molecule has 0 spiro atoms.